The van der Waals surface area contributed by atoms with E-state index in [2.05, 4.69) is 31.1 Å². The minimum atomic E-state index is -2.81. The minimum Gasteiger partial charge on any atom is -0.370 e. The molecule has 0 amide bonds. The highest BCUT2D eigenvalue weighted by Gasteiger charge is 2.44. The lowest BCUT2D eigenvalue weighted by atomic mass is 10.2. The van der Waals surface area contributed by atoms with Gasteiger partial charge in [0, 0.05) is 31.6 Å². The normalized spacial score (nSPS) is 12.1. The molecule has 0 spiro atoms. The van der Waals surface area contributed by atoms with Crippen molar-refractivity contribution >= 4 is 14.0 Å². The van der Waals surface area contributed by atoms with Crippen LogP contribution in [-0.4, -0.2) is 47.6 Å². The maximum Gasteiger partial charge on any atom is 0.537 e. The van der Waals surface area contributed by atoms with Gasteiger partial charge < -0.3 is 18.2 Å². The second kappa shape index (κ2) is 8.54. The van der Waals surface area contributed by atoms with Crippen LogP contribution in [0.4, 0.5) is 0 Å². The molecule has 0 aromatic heterocycles. The Hall–Kier alpha value is -0.723. The van der Waals surface area contributed by atoms with Gasteiger partial charge in [-0.05, 0) is 40.4 Å². The Labute approximate surface area is 124 Å². The molecule has 0 saturated carbocycles. The summed E-state index contributed by atoms with van der Waals surface area (Å²) in [5.74, 6) is 0. The third kappa shape index (κ3) is 4.39. The maximum atomic E-state index is 5.99. The second-order valence-corrected chi connectivity index (χ2v) is 7.27. The monoisotopic (exact) mass is 297 g/mol. The van der Waals surface area contributed by atoms with Crippen molar-refractivity contribution in [3.8, 4) is 0 Å². The largest absolute Gasteiger partial charge is 0.537 e. The number of nitrogens with zero attached hydrogens (tertiary/aromatic N) is 1. The highest BCUT2D eigenvalue weighted by molar-refractivity contribution is 6.75. The quantitative estimate of drug-likeness (QED) is 0.652. The van der Waals surface area contributed by atoms with Crippen molar-refractivity contribution < 1.29 is 13.3 Å². The Morgan fingerprint density at radius 1 is 0.900 bits per heavy atom. The smallest absolute Gasteiger partial charge is 0.370 e. The van der Waals surface area contributed by atoms with Gasteiger partial charge in [0.2, 0.25) is 0 Å². The van der Waals surface area contributed by atoms with Gasteiger partial charge in [0.05, 0.1) is 0 Å². The van der Waals surface area contributed by atoms with E-state index in [9.17, 15) is 0 Å². The molecule has 4 nitrogen and oxygen atoms in total. The van der Waals surface area contributed by atoms with E-state index in [0.29, 0.717) is 19.8 Å². The van der Waals surface area contributed by atoms with Gasteiger partial charge in [0.15, 0.2) is 0 Å². The van der Waals surface area contributed by atoms with E-state index >= 15 is 0 Å². The van der Waals surface area contributed by atoms with E-state index in [-0.39, 0.29) is 0 Å². The molecule has 5 heteroatoms. The van der Waals surface area contributed by atoms with Crippen LogP contribution in [0.1, 0.15) is 26.3 Å². The first-order chi connectivity index (χ1) is 9.59. The lowest BCUT2D eigenvalue weighted by Gasteiger charge is -2.30. The Morgan fingerprint density at radius 3 is 1.85 bits per heavy atom. The van der Waals surface area contributed by atoms with Crippen LogP contribution in [0.15, 0.2) is 24.3 Å². The fraction of sp³-hybridized carbons (Fsp3) is 0.600. The standard InChI is InChI=1S/C15H27NO3Si/c1-6-17-20(18-7-2,19-8-3)15-12-10-9-11-14(15)13-16(4)5/h9-12H,6-8,13H2,1-5H3. The Kier molecular flexibility index (Phi) is 7.40. The Morgan fingerprint density at radius 2 is 1.40 bits per heavy atom. The minimum absolute atomic E-state index is 0.586. The molecule has 0 saturated heterocycles. The Balaban J connectivity index is 3.23. The molecular formula is C15H27NO3Si. The van der Waals surface area contributed by atoms with E-state index in [0.717, 1.165) is 11.7 Å². The Bertz CT molecular complexity index is 381. The van der Waals surface area contributed by atoms with Crippen LogP contribution in [0.3, 0.4) is 0 Å². The van der Waals surface area contributed by atoms with E-state index in [1.54, 1.807) is 0 Å². The first-order valence-electron chi connectivity index (χ1n) is 7.24. The molecule has 20 heavy (non-hydrogen) atoms. The third-order valence-electron chi connectivity index (χ3n) is 2.84. The van der Waals surface area contributed by atoms with E-state index < -0.39 is 8.80 Å². The van der Waals surface area contributed by atoms with Crippen LogP contribution in [0.2, 0.25) is 0 Å². The zero-order valence-electron chi connectivity index (χ0n) is 13.3. The van der Waals surface area contributed by atoms with Crippen molar-refractivity contribution in [2.45, 2.75) is 27.3 Å². The summed E-state index contributed by atoms with van der Waals surface area (Å²) in [6.45, 7) is 8.54. The summed E-state index contributed by atoms with van der Waals surface area (Å²) in [5.41, 5.74) is 1.21. The van der Waals surface area contributed by atoms with Crippen LogP contribution in [0.25, 0.3) is 0 Å². The summed E-state index contributed by atoms with van der Waals surface area (Å²) in [6, 6.07) is 8.26. The van der Waals surface area contributed by atoms with Gasteiger partial charge in [-0.15, -0.1) is 0 Å². The number of benzene rings is 1. The van der Waals surface area contributed by atoms with Crippen LogP contribution in [0.5, 0.6) is 0 Å². The van der Waals surface area contributed by atoms with E-state index in [1.807, 2.05) is 32.9 Å². The molecule has 0 atom stereocenters. The van der Waals surface area contributed by atoms with Crippen molar-refractivity contribution in [3.63, 3.8) is 0 Å². The molecule has 0 heterocycles. The lowest BCUT2D eigenvalue weighted by molar-refractivity contribution is 0.0856. The van der Waals surface area contributed by atoms with Crippen molar-refractivity contribution in [2.75, 3.05) is 33.9 Å². The molecule has 0 unspecified atom stereocenters. The average Bonchev–Trinajstić information content (AvgIpc) is 2.39. The molecule has 114 valence electrons. The predicted octanol–water partition coefficient (Wildman–Crippen LogP) is 2.00. The summed E-state index contributed by atoms with van der Waals surface area (Å²) in [5, 5.41) is 1.08. The fourth-order valence-electron chi connectivity index (χ4n) is 2.23. The number of hydrogen-bond donors (Lipinski definition) is 0. The van der Waals surface area contributed by atoms with Crippen LogP contribution < -0.4 is 5.19 Å². The third-order valence-corrected chi connectivity index (χ3v) is 5.99. The van der Waals surface area contributed by atoms with E-state index in [4.69, 9.17) is 13.3 Å². The number of hydrogen-bond acceptors (Lipinski definition) is 4. The molecule has 0 aliphatic carbocycles. The lowest BCUT2D eigenvalue weighted by Crippen LogP contribution is -2.58. The second-order valence-electron chi connectivity index (χ2n) is 4.75. The highest BCUT2D eigenvalue weighted by atomic mass is 28.4. The highest BCUT2D eigenvalue weighted by Crippen LogP contribution is 2.14. The van der Waals surface area contributed by atoms with Gasteiger partial charge in [-0.3, -0.25) is 0 Å². The molecular weight excluding hydrogens is 270 g/mol. The van der Waals surface area contributed by atoms with Crippen LogP contribution >= 0.6 is 0 Å². The first kappa shape index (κ1) is 17.3. The van der Waals surface area contributed by atoms with Gasteiger partial charge in [0.1, 0.15) is 0 Å². The molecule has 0 bridgehead atoms. The molecule has 1 aromatic carbocycles. The summed E-state index contributed by atoms with van der Waals surface area (Å²) in [7, 11) is 1.31. The van der Waals surface area contributed by atoms with Gasteiger partial charge >= 0.3 is 8.80 Å². The molecule has 0 aliphatic rings. The van der Waals surface area contributed by atoms with Gasteiger partial charge in [-0.1, -0.05) is 24.3 Å². The molecule has 0 aliphatic heterocycles. The van der Waals surface area contributed by atoms with Crippen molar-refractivity contribution in [3.05, 3.63) is 29.8 Å². The molecule has 1 aromatic rings. The van der Waals surface area contributed by atoms with E-state index in [1.165, 1.54) is 5.56 Å². The fourth-order valence-corrected chi connectivity index (χ4v) is 4.94. The molecule has 0 N–H and O–H groups in total. The SMILES string of the molecule is CCO[Si](OCC)(OCC)c1ccccc1CN(C)C. The summed E-state index contributed by atoms with van der Waals surface area (Å²) < 4.78 is 18.0. The summed E-state index contributed by atoms with van der Waals surface area (Å²) in [6.07, 6.45) is 0. The molecule has 1 rings (SSSR count). The van der Waals surface area contributed by atoms with Gasteiger partial charge in [0.25, 0.3) is 0 Å². The maximum absolute atomic E-state index is 5.99. The summed E-state index contributed by atoms with van der Waals surface area (Å²) in [4.78, 5) is 2.14. The molecule has 0 radical (unpaired) electrons. The summed E-state index contributed by atoms with van der Waals surface area (Å²) >= 11 is 0. The zero-order chi connectivity index (χ0) is 15.0. The predicted molar refractivity (Wildman–Crippen MR) is 84.1 cm³/mol. The molecule has 0 fully saturated rings. The topological polar surface area (TPSA) is 30.9 Å². The van der Waals surface area contributed by atoms with Gasteiger partial charge in [-0.2, -0.15) is 0 Å². The van der Waals surface area contributed by atoms with Crippen molar-refractivity contribution in [1.29, 1.82) is 0 Å². The average molecular weight is 297 g/mol. The number of rotatable bonds is 9. The van der Waals surface area contributed by atoms with Crippen molar-refractivity contribution in [2.24, 2.45) is 0 Å². The zero-order valence-corrected chi connectivity index (χ0v) is 14.3. The van der Waals surface area contributed by atoms with Gasteiger partial charge in [-0.25, -0.2) is 0 Å². The van der Waals surface area contributed by atoms with Crippen molar-refractivity contribution in [1.82, 2.24) is 4.90 Å². The van der Waals surface area contributed by atoms with Crippen LogP contribution in [-0.2, 0) is 19.8 Å². The van der Waals surface area contributed by atoms with Crippen LogP contribution in [0, 0.1) is 0 Å². The first-order valence-corrected chi connectivity index (χ1v) is 8.97.